The zero-order valence-electron chi connectivity index (χ0n) is 8.81. The molecule has 0 spiro atoms. The Balaban J connectivity index is 3.25. The van der Waals surface area contributed by atoms with E-state index in [0.717, 1.165) is 12.1 Å². The maximum absolute atomic E-state index is 11.1. The highest BCUT2D eigenvalue weighted by Crippen LogP contribution is 2.39. The number of nitro benzene ring substituents is 1. The first-order chi connectivity index (χ1) is 7.99. The molecular weight excluding hydrogens is 294 g/mol. The predicted molar refractivity (Wildman–Crippen MR) is 63.2 cm³/mol. The Bertz CT molecular complexity index is 486. The maximum Gasteiger partial charge on any atom is 0.335 e. The molecule has 0 bridgehead atoms. The highest BCUT2D eigenvalue weighted by molar-refractivity contribution is 9.10. The van der Waals surface area contributed by atoms with Crippen LogP contribution < -0.4 is 9.47 Å². The number of benzene rings is 1. The van der Waals surface area contributed by atoms with Crippen LogP contribution in [-0.2, 0) is 4.79 Å². The third-order valence-corrected chi connectivity index (χ3v) is 2.38. The minimum atomic E-state index is -0.683. The summed E-state index contributed by atoms with van der Waals surface area (Å²) in [5, 5.41) is 10.6. The lowest BCUT2D eigenvalue weighted by atomic mass is 10.3. The van der Waals surface area contributed by atoms with Gasteiger partial charge < -0.3 is 9.47 Å². The molecule has 0 aliphatic heterocycles. The van der Waals surface area contributed by atoms with Gasteiger partial charge in [0.1, 0.15) is 0 Å². The third kappa shape index (κ3) is 3.04. The molecule has 0 atom stereocenters. The van der Waals surface area contributed by atoms with Crippen LogP contribution in [0.25, 0.3) is 0 Å². The minimum Gasteiger partial charge on any atom is -0.493 e. The predicted octanol–water partition coefficient (Wildman–Crippen LogP) is 2.46. The number of halogens is 1. The highest BCUT2D eigenvalue weighted by atomic mass is 79.9. The SMILES string of the molecule is C=CC(=O)Oc1c(Br)cc([N+](=O)[O-])cc1OC. The van der Waals surface area contributed by atoms with E-state index in [2.05, 4.69) is 22.5 Å². The number of hydrogen-bond donors (Lipinski definition) is 0. The molecule has 1 aromatic carbocycles. The summed E-state index contributed by atoms with van der Waals surface area (Å²) in [6.07, 6.45) is 0.979. The molecule has 0 aliphatic rings. The zero-order chi connectivity index (χ0) is 13.0. The van der Waals surface area contributed by atoms with Crippen LogP contribution >= 0.6 is 15.9 Å². The normalized spacial score (nSPS) is 9.53. The first kappa shape index (κ1) is 13.2. The molecular formula is C10H8BrNO5. The van der Waals surface area contributed by atoms with Gasteiger partial charge in [0.2, 0.25) is 0 Å². The van der Waals surface area contributed by atoms with Gasteiger partial charge in [-0.2, -0.15) is 0 Å². The van der Waals surface area contributed by atoms with Gasteiger partial charge in [-0.3, -0.25) is 10.1 Å². The van der Waals surface area contributed by atoms with Gasteiger partial charge in [0.25, 0.3) is 5.69 Å². The number of rotatable bonds is 4. The number of carbonyl (C=O) groups is 1. The van der Waals surface area contributed by atoms with E-state index in [1.165, 1.54) is 13.2 Å². The Hall–Kier alpha value is -1.89. The number of methoxy groups -OCH3 is 1. The molecule has 0 fully saturated rings. The van der Waals surface area contributed by atoms with E-state index in [1.54, 1.807) is 0 Å². The van der Waals surface area contributed by atoms with Gasteiger partial charge in [-0.05, 0) is 15.9 Å². The second kappa shape index (κ2) is 5.44. The molecule has 0 amide bonds. The summed E-state index contributed by atoms with van der Waals surface area (Å²) in [5.74, 6) is -0.526. The molecule has 0 N–H and O–H groups in total. The Labute approximate surface area is 105 Å². The van der Waals surface area contributed by atoms with Crippen LogP contribution in [0, 0.1) is 10.1 Å². The van der Waals surface area contributed by atoms with Crippen molar-refractivity contribution in [2.24, 2.45) is 0 Å². The van der Waals surface area contributed by atoms with Crippen LogP contribution in [0.1, 0.15) is 0 Å². The number of esters is 1. The van der Waals surface area contributed by atoms with Gasteiger partial charge in [0.15, 0.2) is 11.5 Å². The summed E-state index contributed by atoms with van der Waals surface area (Å²) in [6.45, 7) is 3.25. The Morgan fingerprint density at radius 2 is 2.24 bits per heavy atom. The fraction of sp³-hybridized carbons (Fsp3) is 0.100. The van der Waals surface area contributed by atoms with Gasteiger partial charge in [-0.25, -0.2) is 4.79 Å². The van der Waals surface area contributed by atoms with E-state index in [4.69, 9.17) is 9.47 Å². The smallest absolute Gasteiger partial charge is 0.335 e. The first-order valence-electron chi connectivity index (χ1n) is 4.35. The van der Waals surface area contributed by atoms with E-state index in [9.17, 15) is 14.9 Å². The molecule has 0 saturated heterocycles. The Kier molecular flexibility index (Phi) is 4.22. The van der Waals surface area contributed by atoms with E-state index >= 15 is 0 Å². The molecule has 0 aromatic heterocycles. The summed E-state index contributed by atoms with van der Waals surface area (Å²) in [5.41, 5.74) is -0.174. The van der Waals surface area contributed by atoms with Crippen molar-refractivity contribution in [3.63, 3.8) is 0 Å². The highest BCUT2D eigenvalue weighted by Gasteiger charge is 2.18. The Morgan fingerprint density at radius 1 is 1.59 bits per heavy atom. The van der Waals surface area contributed by atoms with Gasteiger partial charge in [-0.15, -0.1) is 0 Å². The fourth-order valence-corrected chi connectivity index (χ4v) is 1.56. The van der Waals surface area contributed by atoms with Crippen LogP contribution in [0.5, 0.6) is 11.5 Å². The second-order valence-corrected chi connectivity index (χ2v) is 3.70. The monoisotopic (exact) mass is 301 g/mol. The average Bonchev–Trinajstić information content (AvgIpc) is 2.30. The summed E-state index contributed by atoms with van der Waals surface area (Å²) >= 11 is 3.07. The molecule has 1 aromatic rings. The summed E-state index contributed by atoms with van der Waals surface area (Å²) in [7, 11) is 1.32. The van der Waals surface area contributed by atoms with Crippen molar-refractivity contribution in [1.29, 1.82) is 0 Å². The second-order valence-electron chi connectivity index (χ2n) is 2.84. The number of hydrogen-bond acceptors (Lipinski definition) is 5. The zero-order valence-corrected chi connectivity index (χ0v) is 10.4. The molecule has 7 heteroatoms. The van der Waals surface area contributed by atoms with Crippen LogP contribution in [0.2, 0.25) is 0 Å². The van der Waals surface area contributed by atoms with Crippen molar-refractivity contribution in [2.75, 3.05) is 7.11 Å². The fourth-order valence-electron chi connectivity index (χ4n) is 1.05. The maximum atomic E-state index is 11.1. The van der Waals surface area contributed by atoms with Gasteiger partial charge in [-0.1, -0.05) is 6.58 Å². The van der Waals surface area contributed by atoms with Crippen LogP contribution in [0.4, 0.5) is 5.69 Å². The van der Waals surface area contributed by atoms with Crippen molar-refractivity contribution in [1.82, 2.24) is 0 Å². The average molecular weight is 302 g/mol. The van der Waals surface area contributed by atoms with Crippen LogP contribution in [0.15, 0.2) is 29.3 Å². The van der Waals surface area contributed by atoms with E-state index in [0.29, 0.717) is 0 Å². The van der Waals surface area contributed by atoms with Crippen LogP contribution in [0.3, 0.4) is 0 Å². The Morgan fingerprint density at radius 3 is 2.71 bits per heavy atom. The lowest BCUT2D eigenvalue weighted by Gasteiger charge is -2.09. The summed E-state index contributed by atoms with van der Waals surface area (Å²) in [4.78, 5) is 21.1. The standard InChI is InChI=1S/C10H8BrNO5/c1-3-9(13)17-10-7(11)4-6(12(14)15)5-8(10)16-2/h3-5H,1H2,2H3. The van der Waals surface area contributed by atoms with Crippen molar-refractivity contribution in [3.8, 4) is 11.5 Å². The summed E-state index contributed by atoms with van der Waals surface area (Å²) in [6, 6.07) is 2.38. The van der Waals surface area contributed by atoms with Crippen molar-refractivity contribution in [3.05, 3.63) is 39.4 Å². The molecule has 6 nitrogen and oxygen atoms in total. The lowest BCUT2D eigenvalue weighted by molar-refractivity contribution is -0.385. The molecule has 90 valence electrons. The number of carbonyl (C=O) groups excluding carboxylic acids is 1. The topological polar surface area (TPSA) is 78.7 Å². The van der Waals surface area contributed by atoms with E-state index < -0.39 is 10.9 Å². The van der Waals surface area contributed by atoms with Gasteiger partial charge >= 0.3 is 5.97 Å². The first-order valence-corrected chi connectivity index (χ1v) is 5.15. The molecule has 0 unspecified atom stereocenters. The number of nitrogens with zero attached hydrogens (tertiary/aromatic N) is 1. The molecule has 0 heterocycles. The van der Waals surface area contributed by atoms with E-state index in [1.807, 2.05) is 0 Å². The van der Waals surface area contributed by atoms with Crippen molar-refractivity contribution < 1.29 is 19.2 Å². The molecule has 1 rings (SSSR count). The molecule has 0 saturated carbocycles. The van der Waals surface area contributed by atoms with Crippen molar-refractivity contribution >= 4 is 27.6 Å². The third-order valence-electron chi connectivity index (χ3n) is 1.79. The quantitative estimate of drug-likeness (QED) is 0.281. The lowest BCUT2D eigenvalue weighted by Crippen LogP contribution is -2.05. The molecule has 0 aliphatic carbocycles. The summed E-state index contributed by atoms with van der Waals surface area (Å²) < 4.78 is 10.1. The minimum absolute atomic E-state index is 0.0722. The molecule has 17 heavy (non-hydrogen) atoms. The van der Waals surface area contributed by atoms with Crippen LogP contribution in [-0.4, -0.2) is 18.0 Å². The van der Waals surface area contributed by atoms with E-state index in [-0.39, 0.29) is 21.7 Å². The van der Waals surface area contributed by atoms with Gasteiger partial charge in [0, 0.05) is 12.1 Å². The number of ether oxygens (including phenoxy) is 2. The largest absolute Gasteiger partial charge is 0.493 e. The van der Waals surface area contributed by atoms with Crippen molar-refractivity contribution in [2.45, 2.75) is 0 Å². The number of nitro groups is 1. The van der Waals surface area contributed by atoms with Gasteiger partial charge in [0.05, 0.1) is 22.6 Å². The molecule has 0 radical (unpaired) electrons. The number of non-ortho nitro benzene ring substituents is 1.